The first-order valence-corrected chi connectivity index (χ1v) is 7.75. The van der Waals surface area contributed by atoms with Crippen LogP contribution in [-0.4, -0.2) is 62.4 Å². The van der Waals surface area contributed by atoms with Gasteiger partial charge in [0, 0.05) is 25.8 Å². The molecule has 1 N–H and O–H groups in total. The van der Waals surface area contributed by atoms with Gasteiger partial charge in [-0.15, -0.1) is 0 Å². The number of rotatable bonds is 10. The third-order valence-corrected chi connectivity index (χ3v) is 3.44. The fourth-order valence-electron chi connectivity index (χ4n) is 2.11. The van der Waals surface area contributed by atoms with Gasteiger partial charge in [-0.3, -0.25) is 9.59 Å². The monoisotopic (exact) mass is 339 g/mol. The molecule has 0 heterocycles. The first-order chi connectivity index (χ1) is 11.5. The van der Waals surface area contributed by atoms with E-state index in [2.05, 4.69) is 4.74 Å². The molecule has 1 aromatic rings. The first kappa shape index (κ1) is 19.8. The van der Waals surface area contributed by atoms with Gasteiger partial charge in [-0.25, -0.2) is 0 Å². The van der Waals surface area contributed by atoms with Crippen molar-refractivity contribution < 1.29 is 28.9 Å². The lowest BCUT2D eigenvalue weighted by Gasteiger charge is -2.25. The zero-order chi connectivity index (χ0) is 17.9. The molecule has 0 radical (unpaired) electrons. The molecule has 1 amide bonds. The molecule has 1 aromatic carbocycles. The lowest BCUT2D eigenvalue weighted by Crippen LogP contribution is -2.40. The zero-order valence-electron chi connectivity index (χ0n) is 14.4. The summed E-state index contributed by atoms with van der Waals surface area (Å²) >= 11 is 0. The molecule has 134 valence electrons. The van der Waals surface area contributed by atoms with E-state index in [1.165, 1.54) is 12.0 Å². The highest BCUT2D eigenvalue weighted by molar-refractivity contribution is 5.79. The SMILES string of the molecule is COC(=O)C(C)CN(CCCO)C(=O)COc1cccc(OC)c1. The molecule has 0 fully saturated rings. The Hall–Kier alpha value is -2.28. The van der Waals surface area contributed by atoms with Crippen LogP contribution in [0.25, 0.3) is 0 Å². The molecule has 0 aliphatic carbocycles. The summed E-state index contributed by atoms with van der Waals surface area (Å²) in [5.41, 5.74) is 0. The van der Waals surface area contributed by atoms with Crippen molar-refractivity contribution in [1.29, 1.82) is 0 Å². The van der Waals surface area contributed by atoms with Crippen molar-refractivity contribution in [3.05, 3.63) is 24.3 Å². The molecule has 0 aliphatic heterocycles. The van der Waals surface area contributed by atoms with Crippen LogP contribution in [0.5, 0.6) is 11.5 Å². The van der Waals surface area contributed by atoms with E-state index < -0.39 is 5.92 Å². The average molecular weight is 339 g/mol. The third-order valence-electron chi connectivity index (χ3n) is 3.44. The van der Waals surface area contributed by atoms with E-state index in [-0.39, 0.29) is 31.6 Å². The van der Waals surface area contributed by atoms with Crippen LogP contribution < -0.4 is 9.47 Å². The second-order valence-electron chi connectivity index (χ2n) is 5.31. The summed E-state index contributed by atoms with van der Waals surface area (Å²) in [6.07, 6.45) is 0.429. The van der Waals surface area contributed by atoms with Gasteiger partial charge in [-0.1, -0.05) is 13.0 Å². The number of carbonyl (C=O) groups is 2. The average Bonchev–Trinajstić information content (AvgIpc) is 2.62. The Bertz CT molecular complexity index is 534. The topological polar surface area (TPSA) is 85.3 Å². The van der Waals surface area contributed by atoms with Gasteiger partial charge in [-0.05, 0) is 18.6 Å². The highest BCUT2D eigenvalue weighted by Gasteiger charge is 2.21. The molecule has 1 unspecified atom stereocenters. The molecular weight excluding hydrogens is 314 g/mol. The van der Waals surface area contributed by atoms with E-state index in [9.17, 15) is 9.59 Å². The fourth-order valence-corrected chi connectivity index (χ4v) is 2.11. The van der Waals surface area contributed by atoms with E-state index in [0.717, 1.165) is 0 Å². The maximum Gasteiger partial charge on any atom is 0.310 e. The number of hydrogen-bond donors (Lipinski definition) is 1. The fraction of sp³-hybridized carbons (Fsp3) is 0.529. The number of hydrogen-bond acceptors (Lipinski definition) is 6. The van der Waals surface area contributed by atoms with Crippen molar-refractivity contribution in [2.24, 2.45) is 5.92 Å². The second kappa shape index (κ2) is 10.5. The Kier molecular flexibility index (Phi) is 8.64. The van der Waals surface area contributed by atoms with Gasteiger partial charge in [0.05, 0.1) is 20.1 Å². The molecular formula is C17H25NO6. The molecule has 7 nitrogen and oxygen atoms in total. The van der Waals surface area contributed by atoms with Gasteiger partial charge < -0.3 is 24.2 Å². The molecule has 0 aliphatic rings. The predicted molar refractivity (Wildman–Crippen MR) is 88.0 cm³/mol. The third kappa shape index (κ3) is 6.45. The van der Waals surface area contributed by atoms with Crippen LogP contribution in [0.4, 0.5) is 0 Å². The van der Waals surface area contributed by atoms with E-state index in [1.807, 2.05) is 0 Å². The lowest BCUT2D eigenvalue weighted by molar-refractivity contribution is -0.146. The van der Waals surface area contributed by atoms with Gasteiger partial charge in [-0.2, -0.15) is 0 Å². The van der Waals surface area contributed by atoms with Crippen LogP contribution in [0.2, 0.25) is 0 Å². The Morgan fingerprint density at radius 3 is 2.58 bits per heavy atom. The number of nitrogens with zero attached hydrogens (tertiary/aromatic N) is 1. The Morgan fingerprint density at radius 2 is 1.96 bits per heavy atom. The van der Waals surface area contributed by atoms with Crippen LogP contribution in [-0.2, 0) is 14.3 Å². The first-order valence-electron chi connectivity index (χ1n) is 7.75. The van der Waals surface area contributed by atoms with Gasteiger partial charge in [0.25, 0.3) is 5.91 Å². The molecule has 24 heavy (non-hydrogen) atoms. The Balaban J connectivity index is 2.64. The molecule has 1 rings (SSSR count). The minimum Gasteiger partial charge on any atom is -0.497 e. The van der Waals surface area contributed by atoms with E-state index in [1.54, 1.807) is 38.3 Å². The van der Waals surface area contributed by atoms with Crippen LogP contribution in [0.3, 0.4) is 0 Å². The second-order valence-corrected chi connectivity index (χ2v) is 5.31. The highest BCUT2D eigenvalue weighted by Crippen LogP contribution is 2.18. The predicted octanol–water partition coefficient (Wildman–Crippen LogP) is 1.09. The minimum absolute atomic E-state index is 0.0346. The number of carbonyl (C=O) groups excluding carboxylic acids is 2. The van der Waals surface area contributed by atoms with Crippen molar-refractivity contribution >= 4 is 11.9 Å². The number of aliphatic hydroxyl groups excluding tert-OH is 1. The Labute approximate surface area is 142 Å². The largest absolute Gasteiger partial charge is 0.497 e. The van der Waals surface area contributed by atoms with E-state index >= 15 is 0 Å². The summed E-state index contributed by atoms with van der Waals surface area (Å²) in [6, 6.07) is 6.95. The minimum atomic E-state index is -0.450. The molecule has 0 saturated heterocycles. The van der Waals surface area contributed by atoms with Gasteiger partial charge >= 0.3 is 5.97 Å². The van der Waals surface area contributed by atoms with E-state index in [0.29, 0.717) is 24.5 Å². The number of methoxy groups -OCH3 is 2. The molecule has 0 spiro atoms. The summed E-state index contributed by atoms with van der Waals surface area (Å²) < 4.78 is 15.3. The van der Waals surface area contributed by atoms with Crippen molar-refractivity contribution in [3.8, 4) is 11.5 Å². The number of benzene rings is 1. The van der Waals surface area contributed by atoms with Crippen molar-refractivity contribution in [1.82, 2.24) is 4.90 Å². The summed E-state index contributed by atoms with van der Waals surface area (Å²) in [6.45, 7) is 2.05. The molecule has 1 atom stereocenters. The lowest BCUT2D eigenvalue weighted by atomic mass is 10.1. The maximum atomic E-state index is 12.4. The number of esters is 1. The number of aliphatic hydroxyl groups is 1. The van der Waals surface area contributed by atoms with Gasteiger partial charge in [0.2, 0.25) is 0 Å². The zero-order valence-corrected chi connectivity index (χ0v) is 14.4. The molecule has 0 aromatic heterocycles. The smallest absolute Gasteiger partial charge is 0.310 e. The number of ether oxygens (including phenoxy) is 3. The maximum absolute atomic E-state index is 12.4. The highest BCUT2D eigenvalue weighted by atomic mass is 16.5. The van der Waals surface area contributed by atoms with Crippen LogP contribution in [0, 0.1) is 5.92 Å². The van der Waals surface area contributed by atoms with Crippen LogP contribution in [0.1, 0.15) is 13.3 Å². The molecule has 7 heteroatoms. The standard InChI is InChI=1S/C17H25NO6/c1-13(17(21)23-3)11-18(8-5-9-19)16(20)12-24-15-7-4-6-14(10-15)22-2/h4,6-7,10,13,19H,5,8-9,11-12H2,1-3H3. The van der Waals surface area contributed by atoms with Crippen molar-refractivity contribution in [2.75, 3.05) is 40.5 Å². The van der Waals surface area contributed by atoms with Crippen LogP contribution >= 0.6 is 0 Å². The summed E-state index contributed by atoms with van der Waals surface area (Å²) in [4.78, 5) is 25.4. The number of amides is 1. The van der Waals surface area contributed by atoms with Gasteiger partial charge in [0.15, 0.2) is 6.61 Å². The van der Waals surface area contributed by atoms with E-state index in [4.69, 9.17) is 14.6 Å². The summed E-state index contributed by atoms with van der Waals surface area (Å²) in [7, 11) is 2.86. The summed E-state index contributed by atoms with van der Waals surface area (Å²) in [5.74, 6) is 0.0595. The van der Waals surface area contributed by atoms with Crippen LogP contribution in [0.15, 0.2) is 24.3 Å². The summed E-state index contributed by atoms with van der Waals surface area (Å²) in [5, 5.41) is 8.98. The van der Waals surface area contributed by atoms with Crippen molar-refractivity contribution in [3.63, 3.8) is 0 Å². The normalized spacial score (nSPS) is 11.5. The Morgan fingerprint density at radius 1 is 1.25 bits per heavy atom. The molecule has 0 saturated carbocycles. The quantitative estimate of drug-likeness (QED) is 0.643. The molecule has 0 bridgehead atoms. The van der Waals surface area contributed by atoms with Crippen molar-refractivity contribution in [2.45, 2.75) is 13.3 Å². The van der Waals surface area contributed by atoms with Gasteiger partial charge in [0.1, 0.15) is 11.5 Å².